The van der Waals surface area contributed by atoms with Crippen LogP contribution in [0.2, 0.25) is 0 Å². The van der Waals surface area contributed by atoms with Gasteiger partial charge in [-0.25, -0.2) is 14.8 Å². The van der Waals surface area contributed by atoms with Crippen molar-refractivity contribution in [3.8, 4) is 0 Å². The molecule has 2 aromatic heterocycles. The van der Waals surface area contributed by atoms with E-state index in [0.717, 1.165) is 16.7 Å². The number of nitrogens with one attached hydrogen (secondary N) is 1. The molecule has 5 aromatic rings. The van der Waals surface area contributed by atoms with E-state index >= 15 is 0 Å². The molecule has 0 spiro atoms. The number of benzene rings is 3. The second-order valence-electron chi connectivity index (χ2n) is 14.4. The first-order chi connectivity index (χ1) is 25.4. The molecular formula is C40H43N7O6. The normalized spacial score (nSPS) is 18.9. The summed E-state index contributed by atoms with van der Waals surface area (Å²) in [6.07, 6.45) is -0.563. The van der Waals surface area contributed by atoms with Crippen LogP contribution in [-0.4, -0.2) is 67.5 Å². The number of ether oxygens (including phenoxy) is 3. The van der Waals surface area contributed by atoms with Gasteiger partial charge in [-0.05, 0) is 54.0 Å². The van der Waals surface area contributed by atoms with Gasteiger partial charge in [0.2, 0.25) is 0 Å². The molecule has 3 heterocycles. The third kappa shape index (κ3) is 7.59. The van der Waals surface area contributed by atoms with Gasteiger partial charge in [-0.2, -0.15) is 0 Å². The van der Waals surface area contributed by atoms with Crippen LogP contribution in [0, 0.1) is 5.92 Å². The number of aromatic amines is 1. The van der Waals surface area contributed by atoms with Crippen LogP contribution < -0.4 is 0 Å². The second kappa shape index (κ2) is 15.5. The maximum absolute atomic E-state index is 14.5. The number of fused-ring (bicyclic) bond motifs is 1. The average molecular weight is 718 g/mol. The lowest BCUT2D eigenvalue weighted by Gasteiger charge is -2.38. The summed E-state index contributed by atoms with van der Waals surface area (Å²) in [5, 5.41) is 16.0. The van der Waals surface area contributed by atoms with Crippen molar-refractivity contribution in [2.75, 3.05) is 6.61 Å². The van der Waals surface area contributed by atoms with Crippen molar-refractivity contribution in [2.45, 2.75) is 76.5 Å². The molecule has 6 rings (SSSR count). The number of esters is 1. The summed E-state index contributed by atoms with van der Waals surface area (Å²) in [7, 11) is 0. The Balaban J connectivity index is 1.53. The predicted molar refractivity (Wildman–Crippen MR) is 198 cm³/mol. The number of aliphatic hydroxyl groups excluding tert-OH is 1. The fraction of sp³-hybridized carbons (Fsp3) is 0.350. The van der Waals surface area contributed by atoms with Crippen molar-refractivity contribution in [1.29, 1.82) is 0 Å². The van der Waals surface area contributed by atoms with E-state index in [1.54, 1.807) is 27.0 Å². The van der Waals surface area contributed by atoms with Gasteiger partial charge in [0.15, 0.2) is 11.9 Å². The zero-order valence-corrected chi connectivity index (χ0v) is 30.3. The van der Waals surface area contributed by atoms with Crippen molar-refractivity contribution in [2.24, 2.45) is 11.0 Å². The Morgan fingerprint density at radius 3 is 2.02 bits per heavy atom. The lowest BCUT2D eigenvalue weighted by molar-refractivity contribution is -0.156. The summed E-state index contributed by atoms with van der Waals surface area (Å²) >= 11 is 0. The maximum atomic E-state index is 14.5. The van der Waals surface area contributed by atoms with Gasteiger partial charge < -0.3 is 24.3 Å². The Morgan fingerprint density at radius 2 is 1.51 bits per heavy atom. The number of carbonyl (C=O) groups excluding carboxylic acids is 2. The van der Waals surface area contributed by atoms with Gasteiger partial charge in [0.1, 0.15) is 29.7 Å². The highest BCUT2D eigenvalue weighted by Crippen LogP contribution is 2.46. The number of hydrogen-bond acceptors (Lipinski definition) is 9. The number of hydrogen-bond donors (Lipinski definition) is 2. The van der Waals surface area contributed by atoms with E-state index in [4.69, 9.17) is 14.2 Å². The molecule has 0 unspecified atom stereocenters. The highest BCUT2D eigenvalue weighted by Gasteiger charge is 2.56. The molecular weight excluding hydrogens is 674 g/mol. The fourth-order valence-electron chi connectivity index (χ4n) is 6.94. The third-order valence-electron chi connectivity index (χ3n) is 9.09. The van der Waals surface area contributed by atoms with Crippen LogP contribution in [0.5, 0.6) is 0 Å². The first kappa shape index (κ1) is 37.0. The molecule has 274 valence electrons. The lowest BCUT2D eigenvalue weighted by Crippen LogP contribution is -2.47. The Morgan fingerprint density at radius 1 is 0.943 bits per heavy atom. The van der Waals surface area contributed by atoms with Gasteiger partial charge in [-0.1, -0.05) is 105 Å². The molecule has 0 bridgehead atoms. The van der Waals surface area contributed by atoms with Gasteiger partial charge in [-0.15, -0.1) is 0 Å². The molecule has 1 saturated heterocycles. The monoisotopic (exact) mass is 717 g/mol. The first-order valence-electron chi connectivity index (χ1n) is 17.5. The molecule has 13 heteroatoms. The van der Waals surface area contributed by atoms with Crippen LogP contribution >= 0.6 is 0 Å². The van der Waals surface area contributed by atoms with Gasteiger partial charge in [0, 0.05) is 23.1 Å². The van der Waals surface area contributed by atoms with Crippen molar-refractivity contribution in [3.05, 3.63) is 136 Å². The Labute approximate surface area is 307 Å². The van der Waals surface area contributed by atoms with E-state index in [0.29, 0.717) is 16.6 Å². The van der Waals surface area contributed by atoms with Crippen LogP contribution in [0.1, 0.15) is 69.3 Å². The summed E-state index contributed by atoms with van der Waals surface area (Å²) in [4.78, 5) is 43.7. The number of rotatable bonds is 11. The minimum atomic E-state index is -1.44. The number of aliphatic hydroxyl groups is 1. The molecule has 3 aromatic carbocycles. The third-order valence-corrected chi connectivity index (χ3v) is 9.09. The van der Waals surface area contributed by atoms with Gasteiger partial charge in [0.05, 0.1) is 23.7 Å². The number of carbonyl (C=O) groups is 2. The van der Waals surface area contributed by atoms with Crippen LogP contribution in [0.3, 0.4) is 0 Å². The molecule has 1 aliphatic heterocycles. The highest BCUT2D eigenvalue weighted by molar-refractivity contribution is 5.88. The number of H-pyrrole nitrogens is 1. The molecule has 0 radical (unpaired) electrons. The lowest BCUT2D eigenvalue weighted by atomic mass is 9.80. The number of likely N-dealkylation sites (tertiary alicyclic amines) is 1. The summed E-state index contributed by atoms with van der Waals surface area (Å²) in [5.74, 6) is -0.537. The SMILES string of the molecule is CC(C)CC(=O)O[C@@H]1[C@H](O)[C@@H](COC(c2ccccc2)(c2ccccc2)c2ccccc2)N(C(=O)OC(C)(C)C)[C@H]1c1c[nH]c2c(N=[N+]=[N-])ncnc12. The average Bonchev–Trinajstić information content (AvgIpc) is 3.68. The Hall–Kier alpha value is -5.75. The largest absolute Gasteiger partial charge is 0.457 e. The zero-order chi connectivity index (χ0) is 37.8. The fourth-order valence-corrected chi connectivity index (χ4v) is 6.94. The van der Waals surface area contributed by atoms with E-state index in [1.165, 1.54) is 11.2 Å². The first-order valence-corrected chi connectivity index (χ1v) is 17.5. The topological polar surface area (TPSA) is 176 Å². The van der Waals surface area contributed by atoms with Crippen molar-refractivity contribution < 1.29 is 28.9 Å². The smallest absolute Gasteiger partial charge is 0.411 e. The quantitative estimate of drug-likeness (QED) is 0.0456. The van der Waals surface area contributed by atoms with E-state index in [-0.39, 0.29) is 24.8 Å². The molecule has 2 N–H and O–H groups in total. The standard InChI is InChI=1S/C40H43N7O6/c1-25(2)21-31(48)52-36-34(29-22-42-33-32(29)43-24-44-37(33)45-46-41)47(38(50)53-39(3,4)5)30(35(36)49)23-51-40(26-15-9-6-10-16-26,27-17-11-7-12-18-27)28-19-13-8-14-20-28/h6-20,22,24-25,30,34-36,42,49H,21,23H2,1-5H3/t30-,34+,35-,36+/m1/s1. The van der Waals surface area contributed by atoms with E-state index in [9.17, 15) is 20.2 Å². The van der Waals surface area contributed by atoms with E-state index < -0.39 is 47.6 Å². The van der Waals surface area contributed by atoms with E-state index in [2.05, 4.69) is 25.0 Å². The predicted octanol–water partition coefficient (Wildman–Crippen LogP) is 7.89. The molecule has 13 nitrogen and oxygen atoms in total. The van der Waals surface area contributed by atoms with Gasteiger partial charge >= 0.3 is 12.1 Å². The van der Waals surface area contributed by atoms with Gasteiger partial charge in [-0.3, -0.25) is 9.69 Å². The minimum absolute atomic E-state index is 0.0314. The molecule has 0 aliphatic carbocycles. The van der Waals surface area contributed by atoms with Crippen LogP contribution in [-0.2, 0) is 24.6 Å². The van der Waals surface area contributed by atoms with Crippen LogP contribution in [0.25, 0.3) is 21.5 Å². The number of azide groups is 1. The van der Waals surface area contributed by atoms with Crippen molar-refractivity contribution in [3.63, 3.8) is 0 Å². The zero-order valence-electron chi connectivity index (χ0n) is 30.3. The highest BCUT2D eigenvalue weighted by atomic mass is 16.6. The summed E-state index contributed by atoms with van der Waals surface area (Å²) in [6, 6.07) is 27.0. The number of amides is 1. The van der Waals surface area contributed by atoms with Crippen molar-refractivity contribution >= 4 is 28.9 Å². The number of nitrogens with zero attached hydrogens (tertiary/aromatic N) is 6. The van der Waals surface area contributed by atoms with Crippen LogP contribution in [0.15, 0.2) is 109 Å². The second-order valence-corrected chi connectivity index (χ2v) is 14.4. The van der Waals surface area contributed by atoms with Gasteiger partial charge in [0.25, 0.3) is 0 Å². The molecule has 1 aliphatic rings. The molecule has 0 saturated carbocycles. The maximum Gasteiger partial charge on any atom is 0.411 e. The van der Waals surface area contributed by atoms with E-state index in [1.807, 2.05) is 105 Å². The Bertz CT molecular complexity index is 1980. The number of aromatic nitrogens is 3. The molecule has 1 amide bonds. The Kier molecular flexibility index (Phi) is 10.8. The molecule has 53 heavy (non-hydrogen) atoms. The summed E-state index contributed by atoms with van der Waals surface area (Å²) in [6.45, 7) is 8.79. The minimum Gasteiger partial charge on any atom is -0.457 e. The summed E-state index contributed by atoms with van der Waals surface area (Å²) in [5.41, 5.74) is 10.6. The van der Waals surface area contributed by atoms with Crippen LogP contribution in [0.4, 0.5) is 10.6 Å². The van der Waals surface area contributed by atoms with Crippen molar-refractivity contribution in [1.82, 2.24) is 19.9 Å². The molecule has 4 atom stereocenters. The summed E-state index contributed by atoms with van der Waals surface area (Å²) < 4.78 is 19.2. The molecule has 1 fully saturated rings.